The lowest BCUT2D eigenvalue weighted by Gasteiger charge is -2.18. The number of nitrogens with one attached hydrogen (secondary N) is 1. The number of para-hydroxylation sites is 1. The fraction of sp³-hybridized carbons (Fsp3) is 0.120. The highest BCUT2D eigenvalue weighted by molar-refractivity contribution is 5.97. The van der Waals surface area contributed by atoms with Crippen LogP contribution < -0.4 is 5.32 Å². The maximum Gasteiger partial charge on any atom is 0.252 e. The maximum absolute atomic E-state index is 12.6. The second-order valence-electron chi connectivity index (χ2n) is 6.84. The van der Waals surface area contributed by atoms with Crippen molar-refractivity contribution < 1.29 is 4.79 Å². The van der Waals surface area contributed by atoms with Gasteiger partial charge in [-0.05, 0) is 29.7 Å². The summed E-state index contributed by atoms with van der Waals surface area (Å²) in [5, 5.41) is 4.03. The number of aromatic nitrogens is 1. The Kier molecular flexibility index (Phi) is 5.43. The van der Waals surface area contributed by atoms with Crippen LogP contribution in [0.3, 0.4) is 0 Å². The van der Waals surface area contributed by atoms with Crippen LogP contribution in [0.2, 0.25) is 0 Å². The predicted molar refractivity (Wildman–Crippen MR) is 113 cm³/mol. The number of rotatable bonds is 6. The molecule has 1 heterocycles. The van der Waals surface area contributed by atoms with Crippen molar-refractivity contribution in [3.05, 3.63) is 114 Å². The summed E-state index contributed by atoms with van der Waals surface area (Å²) in [4.78, 5) is 17.0. The van der Waals surface area contributed by atoms with E-state index in [1.54, 1.807) is 6.20 Å². The molecule has 0 aliphatic carbocycles. The molecular weight excluding hydrogens is 344 g/mol. The molecule has 1 N–H and O–H groups in total. The molecule has 0 atom stereocenters. The fourth-order valence-electron chi connectivity index (χ4n) is 3.52. The highest BCUT2D eigenvalue weighted by Crippen LogP contribution is 2.27. The second kappa shape index (κ2) is 8.49. The minimum absolute atomic E-state index is 0.0851. The molecule has 0 saturated carbocycles. The number of carbonyl (C=O) groups excluding carboxylic acids is 1. The number of carbonyl (C=O) groups is 1. The van der Waals surface area contributed by atoms with Gasteiger partial charge in [0.15, 0.2) is 0 Å². The number of fused-ring (bicyclic) bond motifs is 1. The molecule has 0 aliphatic heterocycles. The van der Waals surface area contributed by atoms with E-state index in [1.165, 1.54) is 11.1 Å². The van der Waals surface area contributed by atoms with E-state index in [0.29, 0.717) is 12.1 Å². The summed E-state index contributed by atoms with van der Waals surface area (Å²) in [5.41, 5.74) is 4.01. The molecule has 0 aliphatic rings. The van der Waals surface area contributed by atoms with E-state index >= 15 is 0 Å². The molecule has 0 bridgehead atoms. The lowest BCUT2D eigenvalue weighted by atomic mass is 9.88. The quantitative estimate of drug-likeness (QED) is 0.510. The molecule has 4 aromatic rings. The van der Waals surface area contributed by atoms with Gasteiger partial charge in [0.05, 0.1) is 11.1 Å². The van der Waals surface area contributed by atoms with Crippen LogP contribution in [0.1, 0.15) is 33.8 Å². The molecule has 0 spiro atoms. The number of pyridine rings is 1. The van der Waals surface area contributed by atoms with E-state index < -0.39 is 0 Å². The average molecular weight is 366 g/mol. The van der Waals surface area contributed by atoms with Crippen molar-refractivity contribution >= 4 is 16.8 Å². The highest BCUT2D eigenvalue weighted by Gasteiger charge is 2.14. The number of amides is 1. The van der Waals surface area contributed by atoms with Crippen LogP contribution in [-0.4, -0.2) is 17.4 Å². The third kappa shape index (κ3) is 4.09. The lowest BCUT2D eigenvalue weighted by Crippen LogP contribution is -2.26. The molecular formula is C25H22N2O. The zero-order valence-electron chi connectivity index (χ0n) is 15.6. The van der Waals surface area contributed by atoms with Crippen LogP contribution in [0.5, 0.6) is 0 Å². The van der Waals surface area contributed by atoms with Gasteiger partial charge in [-0.25, -0.2) is 0 Å². The molecule has 138 valence electrons. The van der Waals surface area contributed by atoms with Gasteiger partial charge in [-0.3, -0.25) is 9.78 Å². The van der Waals surface area contributed by atoms with Gasteiger partial charge in [0, 0.05) is 24.0 Å². The lowest BCUT2D eigenvalue weighted by molar-refractivity contribution is 0.0952. The average Bonchev–Trinajstić information content (AvgIpc) is 2.77. The van der Waals surface area contributed by atoms with Crippen LogP contribution in [0.4, 0.5) is 0 Å². The minimum atomic E-state index is -0.0851. The Morgan fingerprint density at radius 2 is 1.43 bits per heavy atom. The third-order valence-electron chi connectivity index (χ3n) is 4.98. The molecule has 3 aromatic carbocycles. The molecule has 0 unspecified atom stereocenters. The predicted octanol–water partition coefficient (Wildman–Crippen LogP) is 5.19. The van der Waals surface area contributed by atoms with E-state index in [2.05, 4.69) is 58.8 Å². The summed E-state index contributed by atoms with van der Waals surface area (Å²) in [6.45, 7) is 0.597. The molecule has 0 saturated heterocycles. The SMILES string of the molecule is O=C(NCCC(c1ccccc1)c1ccccc1)c1cnc2ccccc2c1. The Morgan fingerprint density at radius 1 is 0.821 bits per heavy atom. The van der Waals surface area contributed by atoms with Crippen molar-refractivity contribution in [3.8, 4) is 0 Å². The third-order valence-corrected chi connectivity index (χ3v) is 4.98. The first-order chi connectivity index (χ1) is 13.8. The zero-order valence-corrected chi connectivity index (χ0v) is 15.6. The first-order valence-electron chi connectivity index (χ1n) is 9.54. The van der Waals surface area contributed by atoms with E-state index in [1.807, 2.05) is 42.5 Å². The largest absolute Gasteiger partial charge is 0.352 e. The Labute approximate surface area is 165 Å². The highest BCUT2D eigenvalue weighted by atomic mass is 16.1. The van der Waals surface area contributed by atoms with Gasteiger partial charge in [0.2, 0.25) is 0 Å². The van der Waals surface area contributed by atoms with Gasteiger partial charge in [-0.2, -0.15) is 0 Å². The summed E-state index contributed by atoms with van der Waals surface area (Å²) in [6, 6.07) is 30.6. The maximum atomic E-state index is 12.6. The summed E-state index contributed by atoms with van der Waals surface area (Å²) < 4.78 is 0. The second-order valence-corrected chi connectivity index (χ2v) is 6.84. The first-order valence-corrected chi connectivity index (χ1v) is 9.54. The summed E-state index contributed by atoms with van der Waals surface area (Å²) >= 11 is 0. The van der Waals surface area contributed by atoms with Gasteiger partial charge in [-0.15, -0.1) is 0 Å². The van der Waals surface area contributed by atoms with E-state index in [4.69, 9.17) is 0 Å². The Morgan fingerprint density at radius 3 is 2.11 bits per heavy atom. The number of nitrogens with zero attached hydrogens (tertiary/aromatic N) is 1. The van der Waals surface area contributed by atoms with Crippen LogP contribution >= 0.6 is 0 Å². The Balaban J connectivity index is 1.46. The van der Waals surface area contributed by atoms with E-state index in [0.717, 1.165) is 17.3 Å². The summed E-state index contributed by atoms with van der Waals surface area (Å²) in [6.07, 6.45) is 2.48. The Bertz CT molecular complexity index is 1020. The van der Waals surface area contributed by atoms with Crippen molar-refractivity contribution in [1.29, 1.82) is 0 Å². The van der Waals surface area contributed by atoms with Crippen molar-refractivity contribution in [1.82, 2.24) is 10.3 Å². The topological polar surface area (TPSA) is 42.0 Å². The van der Waals surface area contributed by atoms with Gasteiger partial charge in [0.25, 0.3) is 5.91 Å². The molecule has 3 nitrogen and oxygen atoms in total. The van der Waals surface area contributed by atoms with Gasteiger partial charge >= 0.3 is 0 Å². The van der Waals surface area contributed by atoms with Gasteiger partial charge in [0.1, 0.15) is 0 Å². The summed E-state index contributed by atoms with van der Waals surface area (Å²) in [5.74, 6) is 0.163. The van der Waals surface area contributed by atoms with Crippen LogP contribution in [0.25, 0.3) is 10.9 Å². The van der Waals surface area contributed by atoms with Crippen LogP contribution in [-0.2, 0) is 0 Å². The van der Waals surface area contributed by atoms with Crippen LogP contribution in [0, 0.1) is 0 Å². The monoisotopic (exact) mass is 366 g/mol. The minimum Gasteiger partial charge on any atom is -0.352 e. The first kappa shape index (κ1) is 17.9. The van der Waals surface area contributed by atoms with Crippen molar-refractivity contribution in [3.63, 3.8) is 0 Å². The standard InChI is InChI=1S/C25H22N2O/c28-25(22-17-21-13-7-8-14-24(21)27-18-22)26-16-15-23(19-9-3-1-4-10-19)20-11-5-2-6-12-20/h1-14,17-18,23H,15-16H2,(H,26,28). The molecule has 0 fully saturated rings. The van der Waals surface area contributed by atoms with E-state index in [-0.39, 0.29) is 11.8 Å². The van der Waals surface area contributed by atoms with Crippen LogP contribution in [0.15, 0.2) is 97.2 Å². The van der Waals surface area contributed by atoms with Crippen molar-refractivity contribution in [2.24, 2.45) is 0 Å². The molecule has 3 heteroatoms. The normalized spacial score (nSPS) is 10.9. The fourth-order valence-corrected chi connectivity index (χ4v) is 3.52. The number of hydrogen-bond donors (Lipinski definition) is 1. The van der Waals surface area contributed by atoms with Gasteiger partial charge in [-0.1, -0.05) is 78.9 Å². The smallest absolute Gasteiger partial charge is 0.252 e. The molecule has 1 amide bonds. The summed E-state index contributed by atoms with van der Waals surface area (Å²) in [7, 11) is 0. The number of benzene rings is 3. The Hall–Kier alpha value is -3.46. The molecule has 1 aromatic heterocycles. The number of hydrogen-bond acceptors (Lipinski definition) is 2. The van der Waals surface area contributed by atoms with Crippen molar-refractivity contribution in [2.75, 3.05) is 6.54 Å². The van der Waals surface area contributed by atoms with Gasteiger partial charge < -0.3 is 5.32 Å². The molecule has 4 rings (SSSR count). The molecule has 0 radical (unpaired) electrons. The zero-order chi connectivity index (χ0) is 19.2. The van der Waals surface area contributed by atoms with E-state index in [9.17, 15) is 4.79 Å². The molecule has 28 heavy (non-hydrogen) atoms. The van der Waals surface area contributed by atoms with Crippen molar-refractivity contribution in [2.45, 2.75) is 12.3 Å².